The van der Waals surface area contributed by atoms with Crippen LogP contribution in [0.1, 0.15) is 49.6 Å². The van der Waals surface area contributed by atoms with Crippen LogP contribution in [-0.2, 0) is 15.9 Å². The Morgan fingerprint density at radius 1 is 1.26 bits per heavy atom. The van der Waals surface area contributed by atoms with Gasteiger partial charge >= 0.3 is 0 Å². The summed E-state index contributed by atoms with van der Waals surface area (Å²) in [6, 6.07) is 0. The first-order chi connectivity index (χ1) is 13.2. The fraction of sp³-hybridized carbons (Fsp3) is 0.800. The lowest BCUT2D eigenvalue weighted by Gasteiger charge is -2.34. The van der Waals surface area contributed by atoms with Crippen LogP contribution in [0.25, 0.3) is 0 Å². The van der Waals surface area contributed by atoms with E-state index in [2.05, 4.69) is 22.3 Å². The predicted molar refractivity (Wildman–Crippen MR) is 107 cm³/mol. The van der Waals surface area contributed by atoms with Gasteiger partial charge in [0.2, 0.25) is 0 Å². The lowest BCUT2D eigenvalue weighted by molar-refractivity contribution is 0.00990. The number of piperidine rings is 1. The van der Waals surface area contributed by atoms with E-state index in [1.807, 2.05) is 13.8 Å². The van der Waals surface area contributed by atoms with Crippen molar-refractivity contribution in [2.75, 3.05) is 46.5 Å². The summed E-state index contributed by atoms with van der Waals surface area (Å²) >= 11 is 0. The summed E-state index contributed by atoms with van der Waals surface area (Å²) < 4.78 is 16.3. The number of rotatable bonds is 10. The van der Waals surface area contributed by atoms with Gasteiger partial charge in [-0.15, -0.1) is 0 Å². The molecule has 0 unspecified atom stereocenters. The number of ether oxygens (including phenoxy) is 2. The molecular formula is C20H36N4O3. The molecule has 1 fully saturated rings. The van der Waals surface area contributed by atoms with Crippen LogP contribution >= 0.6 is 0 Å². The number of likely N-dealkylation sites (tertiary alicyclic amines) is 1. The number of aryl methyl sites for hydroxylation is 2. The van der Waals surface area contributed by atoms with Crippen LogP contribution in [0, 0.1) is 13.8 Å². The molecule has 1 aromatic heterocycles. The molecule has 27 heavy (non-hydrogen) atoms. The summed E-state index contributed by atoms with van der Waals surface area (Å²) in [6.07, 6.45) is 5.39. The van der Waals surface area contributed by atoms with Gasteiger partial charge < -0.3 is 24.2 Å². The van der Waals surface area contributed by atoms with E-state index in [0.717, 1.165) is 88.9 Å². The van der Waals surface area contributed by atoms with E-state index in [4.69, 9.17) is 19.0 Å². The number of nitrogens with zero attached hydrogens (tertiary/aromatic N) is 3. The zero-order valence-electron chi connectivity index (χ0n) is 17.4. The molecule has 0 atom stereocenters. The largest absolute Gasteiger partial charge is 0.385 e. The number of methoxy groups -OCH3 is 1. The SMILES string of the molecule is CCNC(=NCCCc1c(C)noc1C)N1CCC(OCCCOC)CC1. The maximum absolute atomic E-state index is 5.95. The highest BCUT2D eigenvalue weighted by Crippen LogP contribution is 2.16. The van der Waals surface area contributed by atoms with Gasteiger partial charge in [0.1, 0.15) is 5.76 Å². The lowest BCUT2D eigenvalue weighted by Crippen LogP contribution is -2.47. The third-order valence-corrected chi connectivity index (χ3v) is 4.95. The highest BCUT2D eigenvalue weighted by Gasteiger charge is 2.21. The molecule has 0 bridgehead atoms. The summed E-state index contributed by atoms with van der Waals surface area (Å²) in [4.78, 5) is 7.19. The first-order valence-electron chi connectivity index (χ1n) is 10.2. The number of aromatic nitrogens is 1. The molecule has 0 saturated carbocycles. The minimum atomic E-state index is 0.362. The van der Waals surface area contributed by atoms with Crippen LogP contribution in [0.15, 0.2) is 9.52 Å². The average Bonchev–Trinajstić information content (AvgIpc) is 3.00. The van der Waals surface area contributed by atoms with E-state index < -0.39 is 0 Å². The molecule has 0 aromatic carbocycles. The molecule has 1 saturated heterocycles. The maximum atomic E-state index is 5.95. The number of hydrogen-bond donors (Lipinski definition) is 1. The number of nitrogens with one attached hydrogen (secondary N) is 1. The minimum Gasteiger partial charge on any atom is -0.385 e. The van der Waals surface area contributed by atoms with E-state index in [1.54, 1.807) is 7.11 Å². The number of aliphatic imine (C=N–C) groups is 1. The van der Waals surface area contributed by atoms with Gasteiger partial charge in [-0.05, 0) is 52.9 Å². The van der Waals surface area contributed by atoms with Crippen molar-refractivity contribution in [3.8, 4) is 0 Å². The van der Waals surface area contributed by atoms with Crippen LogP contribution in [0.2, 0.25) is 0 Å². The van der Waals surface area contributed by atoms with Crippen molar-refractivity contribution in [3.63, 3.8) is 0 Å². The van der Waals surface area contributed by atoms with Crippen molar-refractivity contribution in [2.45, 2.75) is 59.0 Å². The molecule has 7 heteroatoms. The van der Waals surface area contributed by atoms with Crippen LogP contribution in [-0.4, -0.2) is 68.6 Å². The number of hydrogen-bond acceptors (Lipinski definition) is 5. The van der Waals surface area contributed by atoms with Crippen molar-refractivity contribution >= 4 is 5.96 Å². The van der Waals surface area contributed by atoms with Gasteiger partial charge in [-0.3, -0.25) is 4.99 Å². The van der Waals surface area contributed by atoms with Gasteiger partial charge in [-0.25, -0.2) is 0 Å². The van der Waals surface area contributed by atoms with Crippen LogP contribution < -0.4 is 5.32 Å². The van der Waals surface area contributed by atoms with Gasteiger partial charge in [0.05, 0.1) is 11.8 Å². The summed E-state index contributed by atoms with van der Waals surface area (Å²) in [5.74, 6) is 1.95. The molecule has 0 radical (unpaired) electrons. The second-order valence-electron chi connectivity index (χ2n) is 7.05. The highest BCUT2D eigenvalue weighted by atomic mass is 16.5. The normalized spacial score (nSPS) is 16.1. The van der Waals surface area contributed by atoms with Gasteiger partial charge in [-0.2, -0.15) is 0 Å². The van der Waals surface area contributed by atoms with Gasteiger partial charge in [-0.1, -0.05) is 5.16 Å². The van der Waals surface area contributed by atoms with E-state index >= 15 is 0 Å². The Bertz CT molecular complexity index is 546. The molecule has 154 valence electrons. The average molecular weight is 381 g/mol. The second kappa shape index (κ2) is 12.0. The molecule has 1 aliphatic rings. The van der Waals surface area contributed by atoms with Crippen molar-refractivity contribution in [1.82, 2.24) is 15.4 Å². The van der Waals surface area contributed by atoms with E-state index in [1.165, 1.54) is 5.56 Å². The lowest BCUT2D eigenvalue weighted by atomic mass is 10.1. The van der Waals surface area contributed by atoms with Crippen LogP contribution in [0.3, 0.4) is 0 Å². The standard InChI is InChI=1S/C20H36N4O3/c1-5-21-20(22-11-6-8-19-16(2)23-27-17(19)3)24-12-9-18(10-13-24)26-15-7-14-25-4/h18H,5-15H2,1-4H3,(H,21,22). The van der Waals surface area contributed by atoms with Crippen molar-refractivity contribution in [1.29, 1.82) is 0 Å². The quantitative estimate of drug-likeness (QED) is 0.382. The van der Waals surface area contributed by atoms with Gasteiger partial charge in [0.15, 0.2) is 5.96 Å². The Morgan fingerprint density at radius 2 is 2.04 bits per heavy atom. The topological polar surface area (TPSA) is 72.1 Å². The van der Waals surface area contributed by atoms with E-state index in [-0.39, 0.29) is 0 Å². The first-order valence-corrected chi connectivity index (χ1v) is 10.2. The molecule has 0 spiro atoms. The summed E-state index contributed by atoms with van der Waals surface area (Å²) in [5.41, 5.74) is 2.22. The smallest absolute Gasteiger partial charge is 0.193 e. The summed E-state index contributed by atoms with van der Waals surface area (Å²) in [7, 11) is 1.73. The Morgan fingerprint density at radius 3 is 2.67 bits per heavy atom. The van der Waals surface area contributed by atoms with Crippen LogP contribution in [0.5, 0.6) is 0 Å². The Kier molecular flexibility index (Phi) is 9.62. The van der Waals surface area contributed by atoms with Crippen molar-refractivity contribution in [3.05, 3.63) is 17.0 Å². The van der Waals surface area contributed by atoms with Gasteiger partial charge in [0, 0.05) is 52.1 Å². The van der Waals surface area contributed by atoms with Gasteiger partial charge in [0.25, 0.3) is 0 Å². The molecule has 1 N–H and O–H groups in total. The fourth-order valence-corrected chi connectivity index (χ4v) is 3.41. The molecule has 2 heterocycles. The second-order valence-corrected chi connectivity index (χ2v) is 7.05. The molecule has 0 amide bonds. The van der Waals surface area contributed by atoms with Crippen molar-refractivity contribution in [2.24, 2.45) is 4.99 Å². The third kappa shape index (κ3) is 7.14. The Hall–Kier alpha value is -1.60. The van der Waals surface area contributed by atoms with E-state index in [9.17, 15) is 0 Å². The molecular weight excluding hydrogens is 344 g/mol. The monoisotopic (exact) mass is 380 g/mol. The first kappa shape index (κ1) is 21.7. The zero-order chi connectivity index (χ0) is 19.5. The minimum absolute atomic E-state index is 0.362. The molecule has 1 aromatic rings. The summed E-state index contributed by atoms with van der Waals surface area (Å²) in [6.45, 7) is 11.3. The van der Waals surface area contributed by atoms with E-state index in [0.29, 0.717) is 6.10 Å². The fourth-order valence-electron chi connectivity index (χ4n) is 3.41. The molecule has 7 nitrogen and oxygen atoms in total. The predicted octanol–water partition coefficient (Wildman–Crippen LogP) is 2.71. The zero-order valence-corrected chi connectivity index (χ0v) is 17.4. The highest BCUT2D eigenvalue weighted by molar-refractivity contribution is 5.80. The summed E-state index contributed by atoms with van der Waals surface area (Å²) in [5, 5.41) is 7.45. The number of guanidine groups is 1. The Balaban J connectivity index is 1.75. The molecule has 0 aliphatic carbocycles. The van der Waals surface area contributed by atoms with Crippen molar-refractivity contribution < 1.29 is 14.0 Å². The molecule has 1 aliphatic heterocycles. The third-order valence-electron chi connectivity index (χ3n) is 4.95. The molecule has 2 rings (SSSR count). The Labute approximate surface area is 163 Å². The maximum Gasteiger partial charge on any atom is 0.193 e. The van der Waals surface area contributed by atoms with Crippen LogP contribution in [0.4, 0.5) is 0 Å².